The summed E-state index contributed by atoms with van der Waals surface area (Å²) in [6, 6.07) is 2.33. The monoisotopic (exact) mass is 330 g/mol. The first-order valence-corrected chi connectivity index (χ1v) is 7.05. The lowest BCUT2D eigenvalue weighted by Gasteiger charge is -2.20. The molecule has 0 aliphatic rings. The average Bonchev–Trinajstić information content (AvgIpc) is 2.12. The van der Waals surface area contributed by atoms with E-state index in [0.29, 0.717) is 5.41 Å². The Balaban J connectivity index is 3.01. The second-order valence-corrected chi connectivity index (χ2v) is 7.07. The van der Waals surface area contributed by atoms with Crippen LogP contribution in [-0.4, -0.2) is 0 Å². The lowest BCUT2D eigenvalue weighted by molar-refractivity contribution is 0.377. The van der Waals surface area contributed by atoms with Crippen LogP contribution in [0, 0.1) is 29.8 Å². The molecule has 1 aromatic carbocycles. The summed E-state index contributed by atoms with van der Waals surface area (Å²) in [7, 11) is 0. The SMILES string of the molecule is Cc1cc(C)c(CCC(C)(C)C)c(C)c1I. The average molecular weight is 330 g/mol. The molecule has 0 bridgehead atoms. The van der Waals surface area contributed by atoms with Gasteiger partial charge in [-0.05, 0) is 83.9 Å². The summed E-state index contributed by atoms with van der Waals surface area (Å²) in [4.78, 5) is 0. The molecular weight excluding hydrogens is 307 g/mol. The number of hydrogen-bond donors (Lipinski definition) is 0. The minimum atomic E-state index is 0.426. The number of rotatable bonds is 2. The first-order chi connectivity index (χ1) is 7.22. The zero-order valence-corrected chi connectivity index (χ0v) is 13.5. The summed E-state index contributed by atoms with van der Waals surface area (Å²) in [5.41, 5.74) is 6.34. The van der Waals surface area contributed by atoms with E-state index < -0.39 is 0 Å². The minimum Gasteiger partial charge on any atom is -0.0602 e. The zero-order chi connectivity index (χ0) is 12.5. The van der Waals surface area contributed by atoms with Crippen molar-refractivity contribution in [3.05, 3.63) is 31.9 Å². The molecule has 1 aromatic rings. The Morgan fingerprint density at radius 3 is 2.12 bits per heavy atom. The van der Waals surface area contributed by atoms with Crippen LogP contribution in [0.1, 0.15) is 49.4 Å². The molecular formula is C15H23I. The second-order valence-electron chi connectivity index (χ2n) is 5.99. The van der Waals surface area contributed by atoms with Crippen LogP contribution >= 0.6 is 22.6 Å². The van der Waals surface area contributed by atoms with E-state index >= 15 is 0 Å². The zero-order valence-electron chi connectivity index (χ0n) is 11.4. The predicted molar refractivity (Wildman–Crippen MR) is 81.1 cm³/mol. The molecule has 0 aromatic heterocycles. The Kier molecular flexibility index (Phi) is 4.44. The van der Waals surface area contributed by atoms with Gasteiger partial charge < -0.3 is 0 Å². The molecule has 0 unspecified atom stereocenters. The van der Waals surface area contributed by atoms with E-state index in [-0.39, 0.29) is 0 Å². The van der Waals surface area contributed by atoms with E-state index in [2.05, 4.69) is 70.2 Å². The maximum Gasteiger partial charge on any atom is 0.0191 e. The van der Waals surface area contributed by atoms with E-state index in [0.717, 1.165) is 0 Å². The third-order valence-corrected chi connectivity index (χ3v) is 4.82. The van der Waals surface area contributed by atoms with Crippen molar-refractivity contribution >= 4 is 22.6 Å². The van der Waals surface area contributed by atoms with Crippen LogP contribution in [0.3, 0.4) is 0 Å². The van der Waals surface area contributed by atoms with Gasteiger partial charge in [0.15, 0.2) is 0 Å². The molecule has 16 heavy (non-hydrogen) atoms. The molecule has 0 fully saturated rings. The van der Waals surface area contributed by atoms with Crippen LogP contribution in [0.4, 0.5) is 0 Å². The van der Waals surface area contributed by atoms with Gasteiger partial charge in [0.05, 0.1) is 0 Å². The van der Waals surface area contributed by atoms with Gasteiger partial charge in [0.25, 0.3) is 0 Å². The predicted octanol–water partition coefficient (Wildman–Crippen LogP) is 5.20. The Morgan fingerprint density at radius 1 is 1.06 bits per heavy atom. The number of halogens is 1. The smallest absolute Gasteiger partial charge is 0.0191 e. The van der Waals surface area contributed by atoms with Gasteiger partial charge in [0.2, 0.25) is 0 Å². The fourth-order valence-corrected chi connectivity index (χ4v) is 2.57. The van der Waals surface area contributed by atoms with E-state index in [9.17, 15) is 0 Å². The maximum absolute atomic E-state index is 2.47. The lowest BCUT2D eigenvalue weighted by atomic mass is 9.86. The Bertz CT molecular complexity index is 383. The van der Waals surface area contributed by atoms with Gasteiger partial charge in [-0.25, -0.2) is 0 Å². The Morgan fingerprint density at radius 2 is 1.62 bits per heavy atom. The van der Waals surface area contributed by atoms with Crippen LogP contribution in [0.25, 0.3) is 0 Å². The number of hydrogen-bond acceptors (Lipinski definition) is 0. The number of benzene rings is 1. The molecule has 0 spiro atoms. The summed E-state index contributed by atoms with van der Waals surface area (Å²) >= 11 is 2.47. The van der Waals surface area contributed by atoms with Gasteiger partial charge in [-0.15, -0.1) is 0 Å². The van der Waals surface area contributed by atoms with Gasteiger partial charge in [-0.3, -0.25) is 0 Å². The van der Waals surface area contributed by atoms with Gasteiger partial charge in [-0.2, -0.15) is 0 Å². The molecule has 1 rings (SSSR count). The highest BCUT2D eigenvalue weighted by Crippen LogP contribution is 2.28. The van der Waals surface area contributed by atoms with Crippen LogP contribution < -0.4 is 0 Å². The first kappa shape index (κ1) is 14.0. The molecule has 0 radical (unpaired) electrons. The minimum absolute atomic E-state index is 0.426. The molecule has 0 nitrogen and oxygen atoms in total. The van der Waals surface area contributed by atoms with E-state index in [1.165, 1.54) is 33.1 Å². The van der Waals surface area contributed by atoms with Crippen molar-refractivity contribution in [2.75, 3.05) is 0 Å². The van der Waals surface area contributed by atoms with E-state index in [1.54, 1.807) is 5.56 Å². The summed E-state index contributed by atoms with van der Waals surface area (Å²) in [5, 5.41) is 0. The summed E-state index contributed by atoms with van der Waals surface area (Å²) in [6.07, 6.45) is 2.46. The maximum atomic E-state index is 2.47. The van der Waals surface area contributed by atoms with Crippen LogP contribution in [0.15, 0.2) is 6.07 Å². The lowest BCUT2D eigenvalue weighted by Crippen LogP contribution is -2.08. The largest absolute Gasteiger partial charge is 0.0602 e. The van der Waals surface area contributed by atoms with Crippen LogP contribution in [-0.2, 0) is 6.42 Å². The summed E-state index contributed by atoms with van der Waals surface area (Å²) in [5.74, 6) is 0. The number of aryl methyl sites for hydroxylation is 2. The highest BCUT2D eigenvalue weighted by Gasteiger charge is 2.14. The molecule has 0 saturated carbocycles. The second kappa shape index (κ2) is 5.07. The molecule has 0 N–H and O–H groups in total. The molecule has 1 heteroatoms. The van der Waals surface area contributed by atoms with Crippen LogP contribution in [0.5, 0.6) is 0 Å². The van der Waals surface area contributed by atoms with Crippen molar-refractivity contribution in [2.24, 2.45) is 5.41 Å². The highest BCUT2D eigenvalue weighted by atomic mass is 127. The van der Waals surface area contributed by atoms with E-state index in [1.807, 2.05) is 0 Å². The molecule has 0 heterocycles. The molecule has 0 atom stereocenters. The third-order valence-electron chi connectivity index (χ3n) is 3.16. The van der Waals surface area contributed by atoms with Crippen molar-refractivity contribution in [1.29, 1.82) is 0 Å². The topological polar surface area (TPSA) is 0 Å². The molecule has 90 valence electrons. The Hall–Kier alpha value is -0.0500. The standard InChI is InChI=1S/C15H23I/c1-10-9-11(2)14(16)12(3)13(10)7-8-15(4,5)6/h9H,7-8H2,1-6H3. The third kappa shape index (κ3) is 3.47. The molecule has 0 aliphatic carbocycles. The van der Waals surface area contributed by atoms with Crippen molar-refractivity contribution in [2.45, 2.75) is 54.4 Å². The van der Waals surface area contributed by atoms with Gasteiger partial charge in [0, 0.05) is 3.57 Å². The fourth-order valence-electron chi connectivity index (χ4n) is 2.08. The molecule has 0 amide bonds. The van der Waals surface area contributed by atoms with Crippen molar-refractivity contribution in [1.82, 2.24) is 0 Å². The van der Waals surface area contributed by atoms with Crippen molar-refractivity contribution in [3.8, 4) is 0 Å². The molecule has 0 aliphatic heterocycles. The quantitative estimate of drug-likeness (QED) is 0.654. The normalized spacial score (nSPS) is 11.9. The fraction of sp³-hybridized carbons (Fsp3) is 0.600. The van der Waals surface area contributed by atoms with Gasteiger partial charge >= 0.3 is 0 Å². The van der Waals surface area contributed by atoms with Gasteiger partial charge in [-0.1, -0.05) is 26.8 Å². The highest BCUT2D eigenvalue weighted by molar-refractivity contribution is 14.1. The summed E-state index contributed by atoms with van der Waals surface area (Å²) < 4.78 is 1.44. The first-order valence-electron chi connectivity index (χ1n) is 5.97. The van der Waals surface area contributed by atoms with Gasteiger partial charge in [0.1, 0.15) is 0 Å². The molecule has 0 saturated heterocycles. The summed E-state index contributed by atoms with van der Waals surface area (Å²) in [6.45, 7) is 13.7. The van der Waals surface area contributed by atoms with Crippen molar-refractivity contribution < 1.29 is 0 Å². The Labute approximate surface area is 114 Å². The van der Waals surface area contributed by atoms with Crippen LogP contribution in [0.2, 0.25) is 0 Å². The van der Waals surface area contributed by atoms with E-state index in [4.69, 9.17) is 0 Å². The van der Waals surface area contributed by atoms with Crippen molar-refractivity contribution in [3.63, 3.8) is 0 Å².